The van der Waals surface area contributed by atoms with Gasteiger partial charge in [-0.3, -0.25) is 9.59 Å². The number of nitrogens with zero attached hydrogens (tertiary/aromatic N) is 1. The van der Waals surface area contributed by atoms with Crippen LogP contribution in [-0.4, -0.2) is 55.2 Å². The molecule has 6 nitrogen and oxygen atoms in total. The molecule has 19 heavy (non-hydrogen) atoms. The fourth-order valence-corrected chi connectivity index (χ4v) is 1.78. The van der Waals surface area contributed by atoms with Gasteiger partial charge >= 0.3 is 5.97 Å². The molecule has 0 saturated carbocycles. The standard InChI is InChI=1S/C13H26N2O4/c1-13(2,6-7-14)5-4-11(16)15(8-9-19-3)10-12(17)18/h4-10,14H2,1-3H3,(H,17,18). The van der Waals surface area contributed by atoms with Crippen LogP contribution < -0.4 is 5.73 Å². The van der Waals surface area contributed by atoms with Gasteiger partial charge in [-0.2, -0.15) is 0 Å². The molecule has 112 valence electrons. The number of carbonyl (C=O) groups excluding carboxylic acids is 1. The van der Waals surface area contributed by atoms with Crippen molar-refractivity contribution in [2.75, 3.05) is 33.4 Å². The molecule has 0 spiro atoms. The van der Waals surface area contributed by atoms with Gasteiger partial charge in [0.05, 0.1) is 6.61 Å². The smallest absolute Gasteiger partial charge is 0.323 e. The lowest BCUT2D eigenvalue weighted by Crippen LogP contribution is -2.38. The lowest BCUT2D eigenvalue weighted by atomic mass is 9.84. The molecule has 0 bridgehead atoms. The Hall–Kier alpha value is -1.14. The van der Waals surface area contributed by atoms with Gasteiger partial charge in [0, 0.05) is 20.1 Å². The van der Waals surface area contributed by atoms with Crippen molar-refractivity contribution in [1.29, 1.82) is 0 Å². The summed E-state index contributed by atoms with van der Waals surface area (Å²) < 4.78 is 4.88. The van der Waals surface area contributed by atoms with E-state index in [1.54, 1.807) is 0 Å². The van der Waals surface area contributed by atoms with Crippen molar-refractivity contribution in [2.45, 2.75) is 33.1 Å². The van der Waals surface area contributed by atoms with Crippen LogP contribution in [0.5, 0.6) is 0 Å². The van der Waals surface area contributed by atoms with E-state index in [-0.39, 0.29) is 17.9 Å². The van der Waals surface area contributed by atoms with Crippen molar-refractivity contribution >= 4 is 11.9 Å². The first-order valence-corrected chi connectivity index (χ1v) is 6.51. The summed E-state index contributed by atoms with van der Waals surface area (Å²) in [6.07, 6.45) is 1.88. The lowest BCUT2D eigenvalue weighted by Gasteiger charge is -2.26. The zero-order valence-electron chi connectivity index (χ0n) is 12.1. The van der Waals surface area contributed by atoms with Crippen molar-refractivity contribution in [3.05, 3.63) is 0 Å². The first-order chi connectivity index (χ1) is 8.82. The number of aliphatic carboxylic acids is 1. The Morgan fingerprint density at radius 1 is 1.32 bits per heavy atom. The van der Waals surface area contributed by atoms with Crippen molar-refractivity contribution in [2.24, 2.45) is 11.1 Å². The normalized spacial score (nSPS) is 11.4. The maximum Gasteiger partial charge on any atom is 0.323 e. The first kappa shape index (κ1) is 17.9. The molecule has 0 aliphatic carbocycles. The van der Waals surface area contributed by atoms with Gasteiger partial charge in [-0.1, -0.05) is 13.8 Å². The van der Waals surface area contributed by atoms with Gasteiger partial charge in [-0.15, -0.1) is 0 Å². The molecule has 0 aromatic carbocycles. The fraction of sp³-hybridized carbons (Fsp3) is 0.846. The number of carboxylic acids is 1. The van der Waals surface area contributed by atoms with Crippen LogP contribution in [0.3, 0.4) is 0 Å². The predicted molar refractivity (Wildman–Crippen MR) is 72.8 cm³/mol. The Kier molecular flexibility index (Phi) is 8.34. The molecule has 0 atom stereocenters. The third-order valence-electron chi connectivity index (χ3n) is 3.08. The van der Waals surface area contributed by atoms with Gasteiger partial charge in [-0.25, -0.2) is 0 Å². The van der Waals surface area contributed by atoms with E-state index in [9.17, 15) is 9.59 Å². The van der Waals surface area contributed by atoms with E-state index in [0.717, 1.165) is 6.42 Å². The highest BCUT2D eigenvalue weighted by Gasteiger charge is 2.22. The van der Waals surface area contributed by atoms with Crippen LogP contribution in [0, 0.1) is 5.41 Å². The number of carboxylic acid groups (broad SMARTS) is 1. The molecular weight excluding hydrogens is 248 g/mol. The predicted octanol–water partition coefficient (Wildman–Crippen LogP) is 0.701. The number of carbonyl (C=O) groups is 2. The maximum atomic E-state index is 12.0. The van der Waals surface area contributed by atoms with E-state index >= 15 is 0 Å². The molecule has 1 amide bonds. The van der Waals surface area contributed by atoms with Crippen molar-refractivity contribution < 1.29 is 19.4 Å². The van der Waals surface area contributed by atoms with Crippen molar-refractivity contribution in [3.8, 4) is 0 Å². The number of nitrogens with two attached hydrogens (primary N) is 1. The highest BCUT2D eigenvalue weighted by Crippen LogP contribution is 2.26. The molecule has 3 N–H and O–H groups in total. The molecule has 0 rings (SSSR count). The molecule has 0 aliphatic heterocycles. The number of ether oxygens (including phenoxy) is 1. The average molecular weight is 274 g/mol. The minimum absolute atomic E-state index is 0.000555. The van der Waals surface area contributed by atoms with Crippen LogP contribution in [0.1, 0.15) is 33.1 Å². The topological polar surface area (TPSA) is 92.9 Å². The second kappa shape index (κ2) is 8.87. The summed E-state index contributed by atoms with van der Waals surface area (Å²) in [7, 11) is 1.52. The minimum atomic E-state index is -1.01. The van der Waals surface area contributed by atoms with Crippen LogP contribution in [0.4, 0.5) is 0 Å². The van der Waals surface area contributed by atoms with E-state index in [0.29, 0.717) is 32.5 Å². The Morgan fingerprint density at radius 3 is 2.42 bits per heavy atom. The molecule has 0 aromatic rings. The number of amides is 1. The fourth-order valence-electron chi connectivity index (χ4n) is 1.78. The molecule has 0 aromatic heterocycles. The minimum Gasteiger partial charge on any atom is -0.480 e. The maximum absolute atomic E-state index is 12.0. The van der Waals surface area contributed by atoms with Gasteiger partial charge in [0.15, 0.2) is 0 Å². The van der Waals surface area contributed by atoms with Gasteiger partial charge in [-0.05, 0) is 24.8 Å². The third-order valence-corrected chi connectivity index (χ3v) is 3.08. The van der Waals surface area contributed by atoms with Gasteiger partial charge in [0.25, 0.3) is 0 Å². The molecule has 0 saturated heterocycles. The van der Waals surface area contributed by atoms with Gasteiger partial charge < -0.3 is 20.5 Å². The van der Waals surface area contributed by atoms with Gasteiger partial charge in [0.1, 0.15) is 6.54 Å². The molecule has 6 heteroatoms. The monoisotopic (exact) mass is 274 g/mol. The molecular formula is C13H26N2O4. The SMILES string of the molecule is COCCN(CC(=O)O)C(=O)CCC(C)(C)CCN. The second-order valence-electron chi connectivity index (χ2n) is 5.40. The summed E-state index contributed by atoms with van der Waals surface area (Å²) in [4.78, 5) is 24.1. The number of hydrogen-bond acceptors (Lipinski definition) is 4. The van der Waals surface area contributed by atoms with E-state index in [4.69, 9.17) is 15.6 Å². The van der Waals surface area contributed by atoms with E-state index < -0.39 is 5.97 Å². The van der Waals surface area contributed by atoms with Crippen LogP contribution in [-0.2, 0) is 14.3 Å². The Bertz CT molecular complexity index is 292. The number of rotatable bonds is 10. The number of hydrogen-bond donors (Lipinski definition) is 2. The Balaban J connectivity index is 4.34. The third kappa shape index (κ3) is 8.56. The summed E-state index contributed by atoms with van der Waals surface area (Å²) in [5.41, 5.74) is 5.52. The zero-order valence-corrected chi connectivity index (χ0v) is 12.1. The van der Waals surface area contributed by atoms with Crippen LogP contribution in [0.2, 0.25) is 0 Å². The summed E-state index contributed by atoms with van der Waals surface area (Å²) in [5, 5.41) is 8.79. The largest absolute Gasteiger partial charge is 0.480 e. The summed E-state index contributed by atoms with van der Waals surface area (Å²) in [6.45, 7) is 5.07. The quantitative estimate of drug-likeness (QED) is 0.611. The van der Waals surface area contributed by atoms with Crippen LogP contribution >= 0.6 is 0 Å². The zero-order chi connectivity index (χ0) is 14.9. The average Bonchev–Trinajstić information content (AvgIpc) is 2.31. The second-order valence-corrected chi connectivity index (χ2v) is 5.40. The highest BCUT2D eigenvalue weighted by molar-refractivity contribution is 5.81. The summed E-state index contributed by atoms with van der Waals surface area (Å²) in [6, 6.07) is 0. The molecule has 0 radical (unpaired) electrons. The van der Waals surface area contributed by atoms with Crippen molar-refractivity contribution in [3.63, 3.8) is 0 Å². The summed E-state index contributed by atoms with van der Waals surface area (Å²) >= 11 is 0. The van der Waals surface area contributed by atoms with Crippen LogP contribution in [0.25, 0.3) is 0 Å². The Morgan fingerprint density at radius 2 is 1.95 bits per heavy atom. The molecule has 0 aliphatic rings. The first-order valence-electron chi connectivity index (χ1n) is 6.51. The van der Waals surface area contributed by atoms with Gasteiger partial charge in [0.2, 0.25) is 5.91 Å². The summed E-state index contributed by atoms with van der Waals surface area (Å²) in [5.74, 6) is -1.16. The van der Waals surface area contributed by atoms with E-state index in [2.05, 4.69) is 13.8 Å². The van der Waals surface area contributed by atoms with E-state index in [1.165, 1.54) is 12.0 Å². The molecule has 0 unspecified atom stereocenters. The molecule has 0 fully saturated rings. The Labute approximate surface area is 114 Å². The van der Waals surface area contributed by atoms with E-state index in [1.807, 2.05) is 0 Å². The van der Waals surface area contributed by atoms with Crippen molar-refractivity contribution in [1.82, 2.24) is 4.90 Å². The molecule has 0 heterocycles. The lowest BCUT2D eigenvalue weighted by molar-refractivity contribution is -0.145. The van der Waals surface area contributed by atoms with Crippen LogP contribution in [0.15, 0.2) is 0 Å². The number of methoxy groups -OCH3 is 1. The highest BCUT2D eigenvalue weighted by atomic mass is 16.5.